The smallest absolute Gasteiger partial charge is 0.317 e. The number of nitrogens with zero attached hydrogens (tertiary/aromatic N) is 2. The number of aromatic nitrogens is 2. The van der Waals surface area contributed by atoms with Gasteiger partial charge < -0.3 is 10.1 Å². The second kappa shape index (κ2) is 7.00. The molecule has 2 heterocycles. The van der Waals surface area contributed by atoms with Gasteiger partial charge in [0.25, 0.3) is 0 Å². The van der Waals surface area contributed by atoms with E-state index < -0.39 is 5.41 Å². The Balaban J connectivity index is 1.92. The van der Waals surface area contributed by atoms with Crippen molar-refractivity contribution in [1.82, 2.24) is 9.97 Å². The number of hydrogen-bond acceptors (Lipinski definition) is 7. The lowest BCUT2D eigenvalue weighted by Crippen LogP contribution is -2.31. The topological polar surface area (TPSA) is 64.1 Å². The van der Waals surface area contributed by atoms with Crippen LogP contribution in [0.2, 0.25) is 0 Å². The number of rotatable bonds is 7. The summed E-state index contributed by atoms with van der Waals surface area (Å²) in [6.45, 7) is 6.63. The van der Waals surface area contributed by atoms with Gasteiger partial charge in [0.05, 0.1) is 23.5 Å². The molecule has 0 atom stereocenters. The molecule has 114 valence electrons. The van der Waals surface area contributed by atoms with E-state index in [-0.39, 0.29) is 5.97 Å². The first-order valence-corrected chi connectivity index (χ1v) is 8.60. The average Bonchev–Trinajstić information content (AvgIpc) is 3.10. The third kappa shape index (κ3) is 4.01. The molecule has 0 radical (unpaired) electrons. The predicted molar refractivity (Wildman–Crippen MR) is 86.1 cm³/mol. The van der Waals surface area contributed by atoms with Gasteiger partial charge in [-0.2, -0.15) is 0 Å². The number of esters is 1. The molecule has 0 unspecified atom stereocenters. The molecular formula is C14H19N3O2S2. The Bertz CT molecular complexity index is 579. The largest absolute Gasteiger partial charge is 0.465 e. The molecule has 1 N–H and O–H groups in total. The SMILES string of the molecule is CCOC(=O)C(C)(C)c1csc(NCCc2cscn2)n1. The van der Waals surface area contributed by atoms with E-state index in [2.05, 4.69) is 15.3 Å². The fourth-order valence-electron chi connectivity index (χ4n) is 1.72. The second-order valence-electron chi connectivity index (χ2n) is 5.04. The first-order valence-electron chi connectivity index (χ1n) is 6.78. The number of carbonyl (C=O) groups is 1. The van der Waals surface area contributed by atoms with Crippen LogP contribution in [-0.4, -0.2) is 29.1 Å². The van der Waals surface area contributed by atoms with Crippen LogP contribution in [0.1, 0.15) is 32.2 Å². The van der Waals surface area contributed by atoms with Crippen LogP contribution < -0.4 is 5.32 Å². The third-order valence-electron chi connectivity index (χ3n) is 3.07. The van der Waals surface area contributed by atoms with E-state index in [9.17, 15) is 4.79 Å². The highest BCUT2D eigenvalue weighted by Crippen LogP contribution is 2.28. The Labute approximate surface area is 132 Å². The molecule has 2 aromatic heterocycles. The molecule has 2 rings (SSSR count). The van der Waals surface area contributed by atoms with Gasteiger partial charge in [0.15, 0.2) is 5.13 Å². The highest BCUT2D eigenvalue weighted by atomic mass is 32.1. The molecule has 0 fully saturated rings. The lowest BCUT2D eigenvalue weighted by molar-refractivity contribution is -0.148. The molecular weight excluding hydrogens is 306 g/mol. The van der Waals surface area contributed by atoms with Crippen LogP contribution in [0.25, 0.3) is 0 Å². The van der Waals surface area contributed by atoms with E-state index in [4.69, 9.17) is 4.74 Å². The normalized spacial score (nSPS) is 11.4. The summed E-state index contributed by atoms with van der Waals surface area (Å²) in [6, 6.07) is 0. The maximum Gasteiger partial charge on any atom is 0.317 e. The van der Waals surface area contributed by atoms with Gasteiger partial charge in [-0.3, -0.25) is 4.79 Å². The van der Waals surface area contributed by atoms with Gasteiger partial charge in [-0.05, 0) is 20.8 Å². The Morgan fingerprint density at radius 1 is 1.43 bits per heavy atom. The monoisotopic (exact) mass is 325 g/mol. The van der Waals surface area contributed by atoms with E-state index >= 15 is 0 Å². The Hall–Kier alpha value is -1.47. The van der Waals surface area contributed by atoms with Crippen LogP contribution in [0.3, 0.4) is 0 Å². The molecule has 0 saturated heterocycles. The molecule has 0 aliphatic carbocycles. The zero-order chi connectivity index (χ0) is 15.3. The van der Waals surface area contributed by atoms with Gasteiger partial charge >= 0.3 is 5.97 Å². The molecule has 0 spiro atoms. The third-order valence-corrected chi connectivity index (χ3v) is 4.51. The van der Waals surface area contributed by atoms with Gasteiger partial charge in [-0.25, -0.2) is 9.97 Å². The molecule has 0 bridgehead atoms. The minimum Gasteiger partial charge on any atom is -0.465 e. The summed E-state index contributed by atoms with van der Waals surface area (Å²) >= 11 is 3.10. The zero-order valence-corrected chi connectivity index (χ0v) is 14.0. The summed E-state index contributed by atoms with van der Waals surface area (Å²) in [6.07, 6.45) is 0.861. The molecule has 0 amide bonds. The van der Waals surface area contributed by atoms with Crippen molar-refractivity contribution in [1.29, 1.82) is 0 Å². The van der Waals surface area contributed by atoms with Gasteiger partial charge in [-0.1, -0.05) is 0 Å². The van der Waals surface area contributed by atoms with Crippen LogP contribution in [0.5, 0.6) is 0 Å². The summed E-state index contributed by atoms with van der Waals surface area (Å²) in [5, 5.41) is 8.03. The van der Waals surface area contributed by atoms with Gasteiger partial charge in [-0.15, -0.1) is 22.7 Å². The molecule has 7 heteroatoms. The minimum atomic E-state index is -0.721. The van der Waals surface area contributed by atoms with E-state index in [0.29, 0.717) is 6.61 Å². The number of nitrogens with one attached hydrogen (secondary N) is 1. The highest BCUT2D eigenvalue weighted by molar-refractivity contribution is 7.13. The van der Waals surface area contributed by atoms with Crippen molar-refractivity contribution in [2.24, 2.45) is 0 Å². The fourth-order valence-corrected chi connectivity index (χ4v) is 3.22. The summed E-state index contributed by atoms with van der Waals surface area (Å²) < 4.78 is 5.10. The molecule has 2 aromatic rings. The first kappa shape index (κ1) is 15.9. The van der Waals surface area contributed by atoms with Crippen LogP contribution in [-0.2, 0) is 21.4 Å². The number of thiazole rings is 2. The van der Waals surface area contributed by atoms with Crippen LogP contribution >= 0.6 is 22.7 Å². The molecule has 0 aromatic carbocycles. The molecule has 0 saturated carbocycles. The minimum absolute atomic E-state index is 0.246. The van der Waals surface area contributed by atoms with Gasteiger partial charge in [0.1, 0.15) is 5.41 Å². The average molecular weight is 325 g/mol. The zero-order valence-electron chi connectivity index (χ0n) is 12.4. The van der Waals surface area contributed by atoms with Crippen molar-refractivity contribution in [2.75, 3.05) is 18.5 Å². The molecule has 5 nitrogen and oxygen atoms in total. The second-order valence-corrected chi connectivity index (χ2v) is 6.62. The number of ether oxygens (including phenoxy) is 1. The Kier molecular flexibility index (Phi) is 5.30. The van der Waals surface area contributed by atoms with Crippen LogP contribution in [0, 0.1) is 0 Å². The number of hydrogen-bond donors (Lipinski definition) is 1. The van der Waals surface area contributed by atoms with Gasteiger partial charge in [0.2, 0.25) is 0 Å². The van der Waals surface area contributed by atoms with Crippen molar-refractivity contribution in [3.05, 3.63) is 27.7 Å². The summed E-state index contributed by atoms with van der Waals surface area (Å²) in [5.41, 5.74) is 2.93. The highest BCUT2D eigenvalue weighted by Gasteiger charge is 2.33. The van der Waals surface area contributed by atoms with Crippen molar-refractivity contribution in [3.63, 3.8) is 0 Å². The van der Waals surface area contributed by atoms with Crippen molar-refractivity contribution in [3.8, 4) is 0 Å². The molecule has 21 heavy (non-hydrogen) atoms. The number of carbonyl (C=O) groups excluding carboxylic acids is 1. The first-order chi connectivity index (χ1) is 10.0. The van der Waals surface area contributed by atoms with Gasteiger partial charge in [0, 0.05) is 23.7 Å². The maximum atomic E-state index is 12.0. The summed E-state index contributed by atoms with van der Waals surface area (Å²) in [4.78, 5) is 20.7. The fraction of sp³-hybridized carbons (Fsp3) is 0.500. The van der Waals surface area contributed by atoms with Crippen molar-refractivity contribution >= 4 is 33.8 Å². The van der Waals surface area contributed by atoms with Crippen molar-refractivity contribution in [2.45, 2.75) is 32.6 Å². The molecule has 0 aliphatic heterocycles. The quantitative estimate of drug-likeness (QED) is 0.793. The van der Waals surface area contributed by atoms with E-state index in [0.717, 1.165) is 29.5 Å². The number of anilines is 1. The standard InChI is InChI=1S/C14H19N3O2S2/c1-4-19-12(18)14(2,3)11-8-21-13(17-11)15-6-5-10-7-20-9-16-10/h7-9H,4-6H2,1-3H3,(H,15,17). The summed E-state index contributed by atoms with van der Waals surface area (Å²) in [5.74, 6) is -0.246. The maximum absolute atomic E-state index is 12.0. The molecule has 0 aliphatic rings. The lowest BCUT2D eigenvalue weighted by atomic mass is 9.90. The summed E-state index contributed by atoms with van der Waals surface area (Å²) in [7, 11) is 0. The van der Waals surface area contributed by atoms with Crippen LogP contribution in [0.4, 0.5) is 5.13 Å². The lowest BCUT2D eigenvalue weighted by Gasteiger charge is -2.19. The van der Waals surface area contributed by atoms with Crippen molar-refractivity contribution < 1.29 is 9.53 Å². The Morgan fingerprint density at radius 3 is 2.90 bits per heavy atom. The Morgan fingerprint density at radius 2 is 2.24 bits per heavy atom. The van der Waals surface area contributed by atoms with E-state index in [1.165, 1.54) is 11.3 Å². The van der Waals surface area contributed by atoms with E-state index in [1.807, 2.05) is 30.1 Å². The van der Waals surface area contributed by atoms with Crippen LogP contribution in [0.15, 0.2) is 16.3 Å². The predicted octanol–water partition coefficient (Wildman–Crippen LogP) is 3.09. The van der Waals surface area contributed by atoms with E-state index in [1.54, 1.807) is 18.3 Å².